The minimum Gasteiger partial charge on any atom is -0.495 e. The molecule has 4 aromatic rings. The van der Waals surface area contributed by atoms with Crippen molar-refractivity contribution in [3.8, 4) is 23.1 Å². The summed E-state index contributed by atoms with van der Waals surface area (Å²) in [5.74, 6) is 2.02. The lowest BCUT2D eigenvalue weighted by Gasteiger charge is -2.16. The number of hydrogen-bond acceptors (Lipinski definition) is 8. The normalized spacial score (nSPS) is 10.7. The van der Waals surface area contributed by atoms with E-state index >= 15 is 0 Å². The number of methoxy groups -OCH3 is 2. The first-order valence-corrected chi connectivity index (χ1v) is 10.2. The van der Waals surface area contributed by atoms with E-state index in [9.17, 15) is 0 Å². The molecule has 158 valence electrons. The molecule has 0 saturated carbocycles. The van der Waals surface area contributed by atoms with Gasteiger partial charge < -0.3 is 25.3 Å². The van der Waals surface area contributed by atoms with Crippen LogP contribution in [0.4, 0.5) is 17.2 Å². The van der Waals surface area contributed by atoms with Crippen LogP contribution in [0.5, 0.6) is 23.1 Å². The first-order chi connectivity index (χ1) is 15.0. The Bertz CT molecular complexity index is 1270. The maximum absolute atomic E-state index is 6.30. The van der Waals surface area contributed by atoms with Crippen molar-refractivity contribution in [3.63, 3.8) is 0 Å². The number of fused-ring (bicyclic) bond motifs is 1. The molecule has 0 aliphatic rings. The smallest absolute Gasteiger partial charge is 0.248 e. The second-order valence-electron chi connectivity index (χ2n) is 6.30. The van der Waals surface area contributed by atoms with Gasteiger partial charge in [-0.15, -0.1) is 0 Å². The van der Waals surface area contributed by atoms with Gasteiger partial charge in [-0.3, -0.25) is 4.98 Å². The first kappa shape index (κ1) is 21.0. The number of ether oxygens (including phenoxy) is 3. The zero-order valence-corrected chi connectivity index (χ0v) is 18.9. The van der Waals surface area contributed by atoms with E-state index < -0.39 is 0 Å². The van der Waals surface area contributed by atoms with E-state index in [4.69, 9.17) is 31.5 Å². The molecule has 0 aliphatic heterocycles. The van der Waals surface area contributed by atoms with Gasteiger partial charge in [-0.05, 0) is 24.3 Å². The van der Waals surface area contributed by atoms with Crippen LogP contribution in [0, 0.1) is 0 Å². The van der Waals surface area contributed by atoms with E-state index in [-0.39, 0.29) is 11.6 Å². The van der Waals surface area contributed by atoms with Crippen LogP contribution in [0.2, 0.25) is 5.02 Å². The average molecular weight is 503 g/mol. The summed E-state index contributed by atoms with van der Waals surface area (Å²) in [7, 11) is 3.07. The second kappa shape index (κ2) is 8.83. The number of rotatable bonds is 6. The van der Waals surface area contributed by atoms with Crippen LogP contribution in [0.25, 0.3) is 10.9 Å². The van der Waals surface area contributed by atoms with Crippen molar-refractivity contribution in [2.75, 3.05) is 25.3 Å². The van der Waals surface area contributed by atoms with Crippen molar-refractivity contribution in [1.29, 1.82) is 0 Å². The molecule has 0 radical (unpaired) electrons. The minimum atomic E-state index is 0.186. The summed E-state index contributed by atoms with van der Waals surface area (Å²) in [5.41, 5.74) is 7.74. The molecule has 2 heterocycles. The van der Waals surface area contributed by atoms with Crippen molar-refractivity contribution >= 4 is 55.6 Å². The van der Waals surface area contributed by atoms with Crippen LogP contribution in [-0.2, 0) is 0 Å². The molecule has 2 aromatic carbocycles. The SMILES string of the molecule is COc1cc(OC)c(Nc2ncnc(Oc3ccc(Br)c4cccnc34)c2N)cc1Cl. The van der Waals surface area contributed by atoms with Crippen LogP contribution < -0.4 is 25.3 Å². The molecule has 0 bridgehead atoms. The van der Waals surface area contributed by atoms with Gasteiger partial charge in [0.1, 0.15) is 29.0 Å². The fraction of sp³-hybridized carbons (Fsp3) is 0.0952. The van der Waals surface area contributed by atoms with Crippen molar-refractivity contribution in [2.24, 2.45) is 0 Å². The third-order valence-electron chi connectivity index (χ3n) is 4.46. The topological polar surface area (TPSA) is 104 Å². The fourth-order valence-corrected chi connectivity index (χ4v) is 3.64. The Morgan fingerprint density at radius 1 is 1.00 bits per heavy atom. The molecule has 31 heavy (non-hydrogen) atoms. The van der Waals surface area contributed by atoms with E-state index in [0.29, 0.717) is 39.3 Å². The van der Waals surface area contributed by atoms with Crippen molar-refractivity contribution in [1.82, 2.24) is 15.0 Å². The fourth-order valence-electron chi connectivity index (χ4n) is 2.94. The Hall–Kier alpha value is -3.30. The lowest BCUT2D eigenvalue weighted by atomic mass is 10.2. The van der Waals surface area contributed by atoms with Gasteiger partial charge in [-0.2, -0.15) is 4.98 Å². The standard InChI is InChI=1S/C21H17BrClN5O3/c1-29-16-9-17(30-2)14(8-13(16)23)28-20-18(24)21(27-10-26-20)31-15-6-5-12(22)11-4-3-7-25-19(11)15/h3-10H,24H2,1-2H3,(H,26,27,28). The van der Waals surface area contributed by atoms with Gasteiger partial charge in [0.15, 0.2) is 11.6 Å². The molecule has 0 amide bonds. The summed E-state index contributed by atoms with van der Waals surface area (Å²) in [4.78, 5) is 12.8. The molecule has 10 heteroatoms. The highest BCUT2D eigenvalue weighted by Gasteiger charge is 2.16. The van der Waals surface area contributed by atoms with Crippen molar-refractivity contribution < 1.29 is 14.2 Å². The van der Waals surface area contributed by atoms with Crippen molar-refractivity contribution in [3.05, 3.63) is 58.4 Å². The minimum absolute atomic E-state index is 0.186. The molecule has 8 nitrogen and oxygen atoms in total. The summed E-state index contributed by atoms with van der Waals surface area (Å²) in [6.07, 6.45) is 3.04. The van der Waals surface area contributed by atoms with Gasteiger partial charge in [-0.1, -0.05) is 33.6 Å². The van der Waals surface area contributed by atoms with Gasteiger partial charge in [0.2, 0.25) is 5.88 Å². The second-order valence-corrected chi connectivity index (χ2v) is 7.56. The molecule has 0 fully saturated rings. The van der Waals surface area contributed by atoms with E-state index in [2.05, 4.69) is 36.2 Å². The molecule has 0 aliphatic carbocycles. The zero-order chi connectivity index (χ0) is 22.0. The van der Waals surface area contributed by atoms with Gasteiger partial charge in [-0.25, -0.2) is 4.98 Å². The number of hydrogen-bond donors (Lipinski definition) is 2. The zero-order valence-electron chi connectivity index (χ0n) is 16.5. The largest absolute Gasteiger partial charge is 0.495 e. The number of pyridine rings is 1. The van der Waals surface area contributed by atoms with Crippen molar-refractivity contribution in [2.45, 2.75) is 0 Å². The number of nitrogens with two attached hydrogens (primary N) is 1. The summed E-state index contributed by atoms with van der Waals surface area (Å²) in [5, 5.41) is 4.42. The molecule has 0 saturated heterocycles. The average Bonchev–Trinajstić information content (AvgIpc) is 2.78. The maximum Gasteiger partial charge on any atom is 0.248 e. The van der Waals surface area contributed by atoms with Gasteiger partial charge in [0.05, 0.1) is 24.9 Å². The number of anilines is 3. The molecule has 4 rings (SSSR count). The van der Waals surface area contributed by atoms with Crippen LogP contribution in [0.3, 0.4) is 0 Å². The lowest BCUT2D eigenvalue weighted by Crippen LogP contribution is -2.04. The Kier molecular flexibility index (Phi) is 5.97. The summed E-state index contributed by atoms with van der Waals surface area (Å²) >= 11 is 9.77. The highest BCUT2D eigenvalue weighted by molar-refractivity contribution is 9.10. The Morgan fingerprint density at radius 3 is 2.58 bits per heavy atom. The molecule has 0 spiro atoms. The van der Waals surface area contributed by atoms with E-state index in [1.807, 2.05) is 18.2 Å². The third kappa shape index (κ3) is 4.14. The number of aromatic nitrogens is 3. The Balaban J connectivity index is 1.69. The Labute approximate surface area is 191 Å². The molecule has 3 N–H and O–H groups in total. The maximum atomic E-state index is 6.30. The number of nitrogens with one attached hydrogen (secondary N) is 1. The number of benzene rings is 2. The molecule has 0 atom stereocenters. The highest BCUT2D eigenvalue weighted by atomic mass is 79.9. The van der Waals surface area contributed by atoms with E-state index in [0.717, 1.165) is 9.86 Å². The lowest BCUT2D eigenvalue weighted by molar-refractivity contribution is 0.396. The predicted octanol–water partition coefficient (Wildman–Crippen LogP) is 5.58. The number of nitrogens with zero attached hydrogens (tertiary/aromatic N) is 3. The van der Waals surface area contributed by atoms with Crippen LogP contribution in [0.15, 0.2) is 53.4 Å². The first-order valence-electron chi connectivity index (χ1n) is 9.02. The van der Waals surface area contributed by atoms with Crippen LogP contribution in [-0.4, -0.2) is 29.2 Å². The molecular weight excluding hydrogens is 486 g/mol. The third-order valence-corrected chi connectivity index (χ3v) is 5.45. The predicted molar refractivity (Wildman–Crippen MR) is 124 cm³/mol. The van der Waals surface area contributed by atoms with Gasteiger partial charge in [0.25, 0.3) is 0 Å². The Morgan fingerprint density at radius 2 is 1.81 bits per heavy atom. The quantitative estimate of drug-likeness (QED) is 0.352. The summed E-state index contributed by atoms with van der Waals surface area (Å²) in [6.45, 7) is 0. The summed E-state index contributed by atoms with van der Waals surface area (Å²) in [6, 6.07) is 10.8. The van der Waals surface area contributed by atoms with E-state index in [1.54, 1.807) is 24.4 Å². The van der Waals surface area contributed by atoms with E-state index in [1.165, 1.54) is 20.5 Å². The number of nitrogen functional groups attached to an aromatic ring is 1. The molecule has 2 aromatic heterocycles. The van der Waals surface area contributed by atoms with Gasteiger partial charge >= 0.3 is 0 Å². The van der Waals surface area contributed by atoms with Crippen LogP contribution >= 0.6 is 27.5 Å². The van der Waals surface area contributed by atoms with Gasteiger partial charge in [0, 0.05) is 22.1 Å². The highest BCUT2D eigenvalue weighted by Crippen LogP contribution is 2.40. The van der Waals surface area contributed by atoms with Crippen LogP contribution in [0.1, 0.15) is 0 Å². The molecule has 0 unspecified atom stereocenters. The molecular formula is C21H17BrClN5O3. The monoisotopic (exact) mass is 501 g/mol. The number of halogens is 2. The summed E-state index contributed by atoms with van der Waals surface area (Å²) < 4.78 is 17.5.